The maximum Gasteiger partial charge on any atom is 0.260 e. The minimum Gasteiger partial charge on any atom is -0.450 e. The van der Waals surface area contributed by atoms with Crippen LogP contribution in [-0.4, -0.2) is 20.3 Å². The molecule has 0 spiro atoms. The molecule has 0 aromatic heterocycles. The van der Waals surface area contributed by atoms with Gasteiger partial charge in [-0.1, -0.05) is 0 Å². The third-order valence-electron chi connectivity index (χ3n) is 0.732. The molecule has 0 saturated heterocycles. The van der Waals surface area contributed by atoms with E-state index in [1.165, 1.54) is 7.11 Å². The minimum atomic E-state index is -1.05. The molecule has 0 aromatic rings. The van der Waals surface area contributed by atoms with E-state index in [4.69, 9.17) is 9.05 Å². The highest BCUT2D eigenvalue weighted by molar-refractivity contribution is 7.52. The van der Waals surface area contributed by atoms with Crippen LogP contribution in [0.5, 0.6) is 0 Å². The number of hydrogen-bond donors (Lipinski definition) is 0. The Morgan fingerprint density at radius 1 is 1.18 bits per heavy atom. The first-order valence-corrected chi connectivity index (χ1v) is 4.62. The van der Waals surface area contributed by atoms with Crippen LogP contribution < -0.4 is 0 Å². The van der Waals surface area contributed by atoms with Gasteiger partial charge in [-0.05, 0) is 13.8 Å². The smallest absolute Gasteiger partial charge is 0.260 e. The quantitative estimate of drug-likeness (QED) is 0.484. The predicted molar refractivity (Wildman–Crippen MR) is 45.0 cm³/mol. The molecule has 0 heterocycles. The lowest BCUT2D eigenvalue weighted by molar-refractivity contribution is 0.277. The normalized spacial score (nSPS) is 9.09. The van der Waals surface area contributed by atoms with Crippen molar-refractivity contribution in [2.24, 2.45) is 0 Å². The molecule has 0 fully saturated rings. The highest BCUT2D eigenvalue weighted by Crippen LogP contribution is 2.35. The molecule has 0 amide bonds. The summed E-state index contributed by atoms with van der Waals surface area (Å²) < 4.78 is 14.9. The Bertz CT molecular complexity index is 132. The first kappa shape index (κ1) is 10.7. The molecule has 3 nitrogen and oxygen atoms in total. The van der Waals surface area contributed by atoms with Crippen LogP contribution in [0.25, 0.3) is 0 Å². The summed E-state index contributed by atoms with van der Waals surface area (Å²) >= 11 is 0. The van der Waals surface area contributed by atoms with Crippen LogP contribution in [0.2, 0.25) is 0 Å². The minimum absolute atomic E-state index is 0.615. The van der Waals surface area contributed by atoms with Gasteiger partial charge in [0.1, 0.15) is 6.11 Å². The molecule has 64 valence electrons. The van der Waals surface area contributed by atoms with Crippen molar-refractivity contribution in [3.63, 3.8) is 0 Å². The van der Waals surface area contributed by atoms with Gasteiger partial charge in [-0.3, -0.25) is 0 Å². The number of hydrogen-bond acceptors (Lipinski definition) is 3. The van der Waals surface area contributed by atoms with E-state index in [1.807, 2.05) is 13.8 Å². The van der Waals surface area contributed by atoms with Gasteiger partial charge in [-0.25, -0.2) is 0 Å². The summed E-state index contributed by atoms with van der Waals surface area (Å²) in [6.07, 6.45) is 2.45. The Kier molecular flexibility index (Phi) is 7.61. The van der Waals surface area contributed by atoms with Crippen molar-refractivity contribution >= 4 is 8.38 Å². The zero-order valence-electron chi connectivity index (χ0n) is 7.09. The summed E-state index contributed by atoms with van der Waals surface area (Å²) in [6.45, 7) is 5.04. The topological polar surface area (TPSA) is 27.7 Å². The zero-order valence-corrected chi connectivity index (χ0v) is 7.98. The maximum atomic E-state index is 5.17. The third kappa shape index (κ3) is 6.12. The van der Waals surface area contributed by atoms with E-state index in [2.05, 4.69) is 16.5 Å². The van der Waals surface area contributed by atoms with Crippen LogP contribution >= 0.6 is 8.38 Å². The molecule has 0 aliphatic carbocycles. The number of rotatable bonds is 4. The molecule has 0 aliphatic rings. The Morgan fingerprint density at radius 2 is 1.73 bits per heavy atom. The largest absolute Gasteiger partial charge is 0.450 e. The van der Waals surface area contributed by atoms with Gasteiger partial charge in [0, 0.05) is 5.66 Å². The fourth-order valence-electron chi connectivity index (χ4n) is 0.419. The molecule has 0 aromatic carbocycles. The van der Waals surface area contributed by atoms with Crippen LogP contribution in [0, 0.1) is 11.8 Å². The summed E-state index contributed by atoms with van der Waals surface area (Å²) in [6, 6.07) is 0. The molecule has 0 radical (unpaired) electrons. The molecule has 0 rings (SSSR count). The van der Waals surface area contributed by atoms with Crippen LogP contribution in [0.4, 0.5) is 0 Å². The fraction of sp³-hybridized carbons (Fsp3) is 0.714. The van der Waals surface area contributed by atoms with Crippen molar-refractivity contribution in [3.05, 3.63) is 0 Å². The molecule has 0 saturated carbocycles. The van der Waals surface area contributed by atoms with Crippen LogP contribution in [0.15, 0.2) is 0 Å². The van der Waals surface area contributed by atoms with Crippen molar-refractivity contribution in [2.75, 3.05) is 20.3 Å². The van der Waals surface area contributed by atoms with E-state index in [0.717, 1.165) is 0 Å². The zero-order chi connectivity index (χ0) is 8.53. The summed E-state index contributed by atoms with van der Waals surface area (Å²) in [4.78, 5) is 0. The van der Waals surface area contributed by atoms with E-state index in [1.54, 1.807) is 0 Å². The van der Waals surface area contributed by atoms with E-state index in [-0.39, 0.29) is 0 Å². The van der Waals surface area contributed by atoms with Crippen molar-refractivity contribution in [1.29, 1.82) is 0 Å². The van der Waals surface area contributed by atoms with E-state index in [0.29, 0.717) is 13.2 Å². The Hall–Kier alpha value is -0.290. The SMILES string of the molecule is CCOP(C#COC)OCC. The monoisotopic (exact) mass is 176 g/mol. The molecule has 0 unspecified atom stereocenters. The molecule has 11 heavy (non-hydrogen) atoms. The highest BCUT2D eigenvalue weighted by atomic mass is 31.2. The van der Waals surface area contributed by atoms with Crippen molar-refractivity contribution in [1.82, 2.24) is 0 Å². The van der Waals surface area contributed by atoms with Gasteiger partial charge in [-0.2, -0.15) is 0 Å². The van der Waals surface area contributed by atoms with Crippen molar-refractivity contribution in [2.45, 2.75) is 13.8 Å². The van der Waals surface area contributed by atoms with Gasteiger partial charge in [0.15, 0.2) is 0 Å². The summed E-state index contributed by atoms with van der Waals surface area (Å²) in [5, 5.41) is 0. The first-order chi connectivity index (χ1) is 5.35. The molecular weight excluding hydrogens is 163 g/mol. The molecule has 0 atom stereocenters. The average molecular weight is 176 g/mol. The van der Waals surface area contributed by atoms with E-state index in [9.17, 15) is 0 Å². The summed E-state index contributed by atoms with van der Waals surface area (Å²) in [7, 11) is 0.459. The Labute approximate surface area is 68.9 Å². The van der Waals surface area contributed by atoms with Gasteiger partial charge >= 0.3 is 0 Å². The number of ether oxygens (including phenoxy) is 1. The molecular formula is C7H13O3P. The van der Waals surface area contributed by atoms with Crippen LogP contribution in [0.3, 0.4) is 0 Å². The van der Waals surface area contributed by atoms with Crippen molar-refractivity contribution in [3.8, 4) is 11.8 Å². The molecule has 0 N–H and O–H groups in total. The predicted octanol–water partition coefficient (Wildman–Crippen LogP) is 1.94. The van der Waals surface area contributed by atoms with E-state index < -0.39 is 8.38 Å². The standard InChI is InChI=1S/C7H13O3P/c1-4-9-11(10-5-2)7-6-8-3/h4-5H2,1-3H3. The van der Waals surface area contributed by atoms with Crippen molar-refractivity contribution < 1.29 is 13.8 Å². The van der Waals surface area contributed by atoms with E-state index >= 15 is 0 Å². The second kappa shape index (κ2) is 7.81. The molecule has 4 heteroatoms. The van der Waals surface area contributed by atoms with Gasteiger partial charge in [0.05, 0.1) is 20.3 Å². The summed E-state index contributed by atoms with van der Waals surface area (Å²) in [5.41, 5.74) is 2.72. The second-order valence-electron chi connectivity index (χ2n) is 1.51. The fourth-order valence-corrected chi connectivity index (χ4v) is 1.26. The van der Waals surface area contributed by atoms with Gasteiger partial charge in [0.25, 0.3) is 8.38 Å². The maximum absolute atomic E-state index is 5.17. The van der Waals surface area contributed by atoms with Gasteiger partial charge in [-0.15, -0.1) is 0 Å². The van der Waals surface area contributed by atoms with Gasteiger partial charge in [0.2, 0.25) is 0 Å². The lowest BCUT2D eigenvalue weighted by Crippen LogP contribution is -1.87. The second-order valence-corrected chi connectivity index (χ2v) is 2.76. The molecule has 0 bridgehead atoms. The molecule has 0 aliphatic heterocycles. The number of methoxy groups -OCH3 is 1. The first-order valence-electron chi connectivity index (χ1n) is 3.44. The average Bonchev–Trinajstić information content (AvgIpc) is 2.01. The van der Waals surface area contributed by atoms with Gasteiger partial charge < -0.3 is 13.8 Å². The third-order valence-corrected chi connectivity index (χ3v) is 1.99. The lowest BCUT2D eigenvalue weighted by Gasteiger charge is -2.06. The summed E-state index contributed by atoms with van der Waals surface area (Å²) in [5.74, 6) is 0. The van der Waals surface area contributed by atoms with Crippen LogP contribution in [-0.2, 0) is 13.8 Å². The van der Waals surface area contributed by atoms with Crippen LogP contribution in [0.1, 0.15) is 13.8 Å². The lowest BCUT2D eigenvalue weighted by atomic mass is 10.9. The highest BCUT2D eigenvalue weighted by Gasteiger charge is 2.03. The Balaban J connectivity index is 3.68. The Morgan fingerprint density at radius 3 is 2.09 bits per heavy atom.